The summed E-state index contributed by atoms with van der Waals surface area (Å²) >= 11 is 0. The van der Waals surface area contributed by atoms with E-state index in [1.165, 1.54) is 6.42 Å². The summed E-state index contributed by atoms with van der Waals surface area (Å²) in [6.45, 7) is 5.33. The van der Waals surface area contributed by atoms with E-state index in [9.17, 15) is 4.79 Å². The number of carbonyl (C=O) groups is 1. The van der Waals surface area contributed by atoms with Crippen molar-refractivity contribution in [3.05, 3.63) is 0 Å². The van der Waals surface area contributed by atoms with E-state index in [-0.39, 0.29) is 12.5 Å². The summed E-state index contributed by atoms with van der Waals surface area (Å²) in [6, 6.07) is 0.720. The van der Waals surface area contributed by atoms with E-state index in [0.29, 0.717) is 25.2 Å². The van der Waals surface area contributed by atoms with Gasteiger partial charge in [0.15, 0.2) is 0 Å². The number of aliphatic hydroxyl groups is 1. The van der Waals surface area contributed by atoms with Gasteiger partial charge in [-0.25, -0.2) is 0 Å². The molecule has 1 N–H and O–H groups in total. The van der Waals surface area contributed by atoms with Gasteiger partial charge in [0.05, 0.1) is 13.2 Å². The first-order valence-corrected chi connectivity index (χ1v) is 6.16. The van der Waals surface area contributed by atoms with Gasteiger partial charge in [0.1, 0.15) is 0 Å². The van der Waals surface area contributed by atoms with Crippen molar-refractivity contribution < 1.29 is 9.90 Å². The highest BCUT2D eigenvalue weighted by Gasteiger charge is 2.28. The highest BCUT2D eigenvalue weighted by Crippen LogP contribution is 2.22. The molecule has 0 aliphatic carbocycles. The van der Waals surface area contributed by atoms with Gasteiger partial charge in [0, 0.05) is 18.6 Å². The minimum atomic E-state index is 0.106. The molecule has 0 aromatic rings. The second-order valence-electron chi connectivity index (χ2n) is 4.89. The SMILES string of the molecule is C[C@@H]1CCC[C@@H](C)N1C(=O)CN(C)CCO. The van der Waals surface area contributed by atoms with Crippen molar-refractivity contribution in [2.45, 2.75) is 45.2 Å². The first kappa shape index (κ1) is 13.5. The lowest BCUT2D eigenvalue weighted by molar-refractivity contribution is -0.138. The maximum Gasteiger partial charge on any atom is 0.237 e. The third kappa shape index (κ3) is 3.46. The van der Waals surface area contributed by atoms with Crippen LogP contribution in [0.2, 0.25) is 0 Å². The number of nitrogens with zero attached hydrogens (tertiary/aromatic N) is 2. The summed E-state index contributed by atoms with van der Waals surface area (Å²) in [5.74, 6) is 0.190. The Kier molecular flexibility index (Phi) is 5.22. The van der Waals surface area contributed by atoms with Crippen molar-refractivity contribution in [1.82, 2.24) is 9.80 Å². The first-order valence-electron chi connectivity index (χ1n) is 6.16. The average molecular weight is 228 g/mol. The van der Waals surface area contributed by atoms with Crippen LogP contribution in [0.15, 0.2) is 0 Å². The van der Waals surface area contributed by atoms with Crippen LogP contribution in [-0.2, 0) is 4.79 Å². The van der Waals surface area contributed by atoms with E-state index in [1.54, 1.807) is 0 Å². The van der Waals surface area contributed by atoms with Gasteiger partial charge >= 0.3 is 0 Å². The van der Waals surface area contributed by atoms with Gasteiger partial charge in [-0.1, -0.05) is 0 Å². The monoisotopic (exact) mass is 228 g/mol. The molecule has 1 saturated heterocycles. The molecule has 1 aliphatic rings. The molecule has 4 nitrogen and oxygen atoms in total. The van der Waals surface area contributed by atoms with Crippen LogP contribution >= 0.6 is 0 Å². The molecular weight excluding hydrogens is 204 g/mol. The Morgan fingerprint density at radius 3 is 2.44 bits per heavy atom. The quantitative estimate of drug-likeness (QED) is 0.770. The van der Waals surface area contributed by atoms with E-state index < -0.39 is 0 Å². The molecule has 1 amide bonds. The zero-order valence-electron chi connectivity index (χ0n) is 10.6. The molecule has 0 bridgehead atoms. The Morgan fingerprint density at radius 1 is 1.38 bits per heavy atom. The molecular formula is C12H24N2O2. The number of hydrogen-bond acceptors (Lipinski definition) is 3. The summed E-state index contributed by atoms with van der Waals surface area (Å²) in [6.07, 6.45) is 3.44. The first-order chi connectivity index (χ1) is 7.56. The van der Waals surface area contributed by atoms with Gasteiger partial charge in [0.2, 0.25) is 5.91 Å². The van der Waals surface area contributed by atoms with E-state index in [4.69, 9.17) is 5.11 Å². The van der Waals surface area contributed by atoms with Gasteiger partial charge in [-0.3, -0.25) is 9.69 Å². The number of piperidine rings is 1. The number of aliphatic hydroxyl groups excluding tert-OH is 1. The Bertz CT molecular complexity index is 223. The van der Waals surface area contributed by atoms with Crippen molar-refractivity contribution in [3.8, 4) is 0 Å². The summed E-state index contributed by atoms with van der Waals surface area (Å²) in [4.78, 5) is 16.0. The number of amides is 1. The number of hydrogen-bond donors (Lipinski definition) is 1. The predicted molar refractivity (Wildman–Crippen MR) is 64.2 cm³/mol. The smallest absolute Gasteiger partial charge is 0.237 e. The zero-order chi connectivity index (χ0) is 12.1. The van der Waals surface area contributed by atoms with Gasteiger partial charge in [-0.2, -0.15) is 0 Å². The molecule has 0 aromatic heterocycles. The third-order valence-electron chi connectivity index (χ3n) is 3.37. The van der Waals surface area contributed by atoms with Crippen LogP contribution in [0.5, 0.6) is 0 Å². The highest BCUT2D eigenvalue weighted by atomic mass is 16.3. The molecule has 0 spiro atoms. The molecule has 16 heavy (non-hydrogen) atoms. The second kappa shape index (κ2) is 6.21. The van der Waals surface area contributed by atoms with Crippen molar-refractivity contribution in [2.75, 3.05) is 26.7 Å². The fraction of sp³-hybridized carbons (Fsp3) is 0.917. The molecule has 94 valence electrons. The summed E-state index contributed by atoms with van der Waals surface area (Å²) in [5.41, 5.74) is 0. The van der Waals surface area contributed by atoms with Crippen molar-refractivity contribution >= 4 is 5.91 Å². The lowest BCUT2D eigenvalue weighted by atomic mass is 9.97. The van der Waals surface area contributed by atoms with Gasteiger partial charge in [0.25, 0.3) is 0 Å². The van der Waals surface area contributed by atoms with E-state index in [1.807, 2.05) is 16.8 Å². The average Bonchev–Trinajstić information content (AvgIpc) is 2.17. The summed E-state index contributed by atoms with van der Waals surface area (Å²) in [5, 5.41) is 8.80. The molecule has 1 heterocycles. The molecule has 1 fully saturated rings. The predicted octanol–water partition coefficient (Wildman–Crippen LogP) is 0.700. The number of carbonyl (C=O) groups excluding carboxylic acids is 1. The van der Waals surface area contributed by atoms with Gasteiger partial charge in [-0.15, -0.1) is 0 Å². The maximum atomic E-state index is 12.1. The largest absolute Gasteiger partial charge is 0.395 e. The molecule has 0 unspecified atom stereocenters. The Labute approximate surface area is 98.2 Å². The lowest BCUT2D eigenvalue weighted by Gasteiger charge is -2.39. The minimum absolute atomic E-state index is 0.106. The van der Waals surface area contributed by atoms with Crippen LogP contribution in [0.25, 0.3) is 0 Å². The Hall–Kier alpha value is -0.610. The van der Waals surface area contributed by atoms with E-state index in [2.05, 4.69) is 13.8 Å². The van der Waals surface area contributed by atoms with Crippen LogP contribution < -0.4 is 0 Å². The number of likely N-dealkylation sites (tertiary alicyclic amines) is 1. The van der Waals surface area contributed by atoms with Gasteiger partial charge < -0.3 is 10.0 Å². The number of likely N-dealkylation sites (N-methyl/N-ethyl adjacent to an activating group) is 1. The molecule has 0 saturated carbocycles. The molecule has 0 aromatic carbocycles. The number of rotatable bonds is 4. The van der Waals surface area contributed by atoms with Crippen LogP contribution in [0, 0.1) is 0 Å². The normalized spacial score (nSPS) is 26.2. The van der Waals surface area contributed by atoms with Crippen molar-refractivity contribution in [1.29, 1.82) is 0 Å². The fourth-order valence-corrected chi connectivity index (χ4v) is 2.48. The van der Waals surface area contributed by atoms with E-state index >= 15 is 0 Å². The summed E-state index contributed by atoms with van der Waals surface area (Å²) in [7, 11) is 1.87. The molecule has 2 atom stereocenters. The molecule has 1 aliphatic heterocycles. The second-order valence-corrected chi connectivity index (χ2v) is 4.89. The Morgan fingerprint density at radius 2 is 1.94 bits per heavy atom. The maximum absolute atomic E-state index is 12.1. The Balaban J connectivity index is 2.50. The van der Waals surface area contributed by atoms with Crippen LogP contribution in [0.3, 0.4) is 0 Å². The minimum Gasteiger partial charge on any atom is -0.395 e. The third-order valence-corrected chi connectivity index (χ3v) is 3.37. The molecule has 4 heteroatoms. The highest BCUT2D eigenvalue weighted by molar-refractivity contribution is 5.79. The zero-order valence-corrected chi connectivity index (χ0v) is 10.6. The molecule has 1 rings (SSSR count). The topological polar surface area (TPSA) is 43.8 Å². The van der Waals surface area contributed by atoms with Gasteiger partial charge in [-0.05, 0) is 40.2 Å². The lowest BCUT2D eigenvalue weighted by Crippen LogP contribution is -2.50. The van der Waals surface area contributed by atoms with Crippen LogP contribution in [0.4, 0.5) is 0 Å². The standard InChI is InChI=1S/C12H24N2O2/c1-10-5-4-6-11(2)14(10)12(16)9-13(3)7-8-15/h10-11,15H,4-9H2,1-3H3/t10-,11-/m1/s1. The van der Waals surface area contributed by atoms with Crippen LogP contribution in [0.1, 0.15) is 33.1 Å². The summed E-state index contributed by atoms with van der Waals surface area (Å²) < 4.78 is 0. The van der Waals surface area contributed by atoms with E-state index in [0.717, 1.165) is 12.8 Å². The fourth-order valence-electron chi connectivity index (χ4n) is 2.48. The van der Waals surface area contributed by atoms with Crippen molar-refractivity contribution in [2.24, 2.45) is 0 Å². The van der Waals surface area contributed by atoms with Crippen molar-refractivity contribution in [3.63, 3.8) is 0 Å². The molecule has 0 radical (unpaired) electrons. The van der Waals surface area contributed by atoms with Crippen LogP contribution in [-0.4, -0.2) is 59.6 Å².